The predicted octanol–water partition coefficient (Wildman–Crippen LogP) is 3.35. The Kier molecular flexibility index (Phi) is 5.24. The minimum atomic E-state index is -2.32. The highest BCUT2D eigenvalue weighted by molar-refractivity contribution is 8.13. The molecular weight excluding hydrogens is 251 g/mol. The van der Waals surface area contributed by atoms with E-state index in [4.69, 9.17) is 32.5 Å². The van der Waals surface area contributed by atoms with Gasteiger partial charge in [-0.15, -0.1) is 0 Å². The minimum absolute atomic E-state index is 0.555. The van der Waals surface area contributed by atoms with E-state index in [1.54, 1.807) is 12.1 Å². The molecule has 0 bridgehead atoms. The summed E-state index contributed by atoms with van der Waals surface area (Å²) in [4.78, 5) is 0. The standard InChI is InChI=1S/C10H14ClO2PS/c1-3-12-14(15,13-4-2)10-7-5-9(11)6-8-10/h5-8H,3-4H2,1-2H3. The van der Waals surface area contributed by atoms with Crippen LogP contribution in [0.25, 0.3) is 0 Å². The van der Waals surface area contributed by atoms with Gasteiger partial charge >= 0.3 is 0 Å². The van der Waals surface area contributed by atoms with Crippen LogP contribution >= 0.6 is 18.1 Å². The Morgan fingerprint density at radius 1 is 1.13 bits per heavy atom. The van der Waals surface area contributed by atoms with Crippen LogP contribution in [0.5, 0.6) is 0 Å². The molecule has 0 amide bonds. The van der Waals surface area contributed by atoms with E-state index in [9.17, 15) is 0 Å². The maximum Gasteiger partial charge on any atom is 0.219 e. The van der Waals surface area contributed by atoms with Crippen molar-refractivity contribution in [3.63, 3.8) is 0 Å². The molecule has 0 fully saturated rings. The molecular formula is C10H14ClO2PS. The van der Waals surface area contributed by atoms with Crippen LogP contribution in [0, 0.1) is 0 Å². The van der Waals surface area contributed by atoms with E-state index in [-0.39, 0.29) is 0 Å². The van der Waals surface area contributed by atoms with E-state index in [1.165, 1.54) is 0 Å². The van der Waals surface area contributed by atoms with Crippen LogP contribution in [0.2, 0.25) is 5.02 Å². The molecule has 0 aliphatic heterocycles. The van der Waals surface area contributed by atoms with Crippen molar-refractivity contribution >= 4 is 35.2 Å². The van der Waals surface area contributed by atoms with E-state index >= 15 is 0 Å². The molecule has 0 unspecified atom stereocenters. The molecule has 0 saturated heterocycles. The fraction of sp³-hybridized carbons (Fsp3) is 0.400. The van der Waals surface area contributed by atoms with Gasteiger partial charge in [-0.1, -0.05) is 11.6 Å². The third-order valence-corrected chi connectivity index (χ3v) is 5.38. The Morgan fingerprint density at radius 3 is 2.00 bits per heavy atom. The van der Waals surface area contributed by atoms with Gasteiger partial charge in [0.25, 0.3) is 0 Å². The normalized spacial score (nSPS) is 11.7. The van der Waals surface area contributed by atoms with Crippen molar-refractivity contribution in [3.8, 4) is 0 Å². The van der Waals surface area contributed by atoms with E-state index in [0.717, 1.165) is 5.30 Å². The molecule has 15 heavy (non-hydrogen) atoms. The first-order valence-electron chi connectivity index (χ1n) is 4.77. The lowest BCUT2D eigenvalue weighted by Gasteiger charge is -2.21. The van der Waals surface area contributed by atoms with Crippen LogP contribution < -0.4 is 5.30 Å². The van der Waals surface area contributed by atoms with Crippen molar-refractivity contribution in [1.82, 2.24) is 0 Å². The number of benzene rings is 1. The summed E-state index contributed by atoms with van der Waals surface area (Å²) in [7, 11) is 0. The summed E-state index contributed by atoms with van der Waals surface area (Å²) < 4.78 is 11.1. The quantitative estimate of drug-likeness (QED) is 0.760. The molecule has 0 N–H and O–H groups in total. The van der Waals surface area contributed by atoms with Gasteiger partial charge in [-0.2, -0.15) is 0 Å². The van der Waals surface area contributed by atoms with Gasteiger partial charge in [-0.3, -0.25) is 0 Å². The second kappa shape index (κ2) is 5.97. The third-order valence-electron chi connectivity index (χ3n) is 1.74. The second-order valence-corrected chi connectivity index (χ2v) is 6.72. The van der Waals surface area contributed by atoms with Crippen molar-refractivity contribution < 1.29 is 9.05 Å². The van der Waals surface area contributed by atoms with Gasteiger partial charge in [-0.05, 0) is 49.9 Å². The highest BCUT2D eigenvalue weighted by atomic mass is 35.5. The Labute approximate surface area is 101 Å². The molecule has 0 aliphatic rings. The molecule has 0 spiro atoms. The second-order valence-electron chi connectivity index (χ2n) is 2.81. The Balaban J connectivity index is 2.98. The molecule has 1 aromatic rings. The molecule has 0 atom stereocenters. The van der Waals surface area contributed by atoms with Crippen molar-refractivity contribution in [3.05, 3.63) is 29.3 Å². The molecule has 0 heterocycles. The molecule has 0 radical (unpaired) electrons. The molecule has 1 aromatic carbocycles. The average Bonchev–Trinajstić information content (AvgIpc) is 2.19. The van der Waals surface area contributed by atoms with Crippen LogP contribution in [0.4, 0.5) is 0 Å². The van der Waals surface area contributed by atoms with Gasteiger partial charge < -0.3 is 9.05 Å². The monoisotopic (exact) mass is 264 g/mol. The maximum absolute atomic E-state index is 5.81. The first kappa shape index (κ1) is 13.1. The maximum atomic E-state index is 5.81. The number of hydrogen-bond donors (Lipinski definition) is 0. The van der Waals surface area contributed by atoms with Crippen LogP contribution in [0.3, 0.4) is 0 Å². The van der Waals surface area contributed by atoms with Crippen molar-refractivity contribution in [2.45, 2.75) is 13.8 Å². The smallest absolute Gasteiger partial charge is 0.219 e. The molecule has 0 aliphatic carbocycles. The molecule has 84 valence electrons. The number of hydrogen-bond acceptors (Lipinski definition) is 3. The van der Waals surface area contributed by atoms with Gasteiger partial charge in [0.1, 0.15) is 0 Å². The Hall–Kier alpha value is 0.0800. The largest absolute Gasteiger partial charge is 0.326 e. The van der Waals surface area contributed by atoms with Gasteiger partial charge in [0.05, 0.1) is 13.2 Å². The summed E-state index contributed by atoms with van der Waals surface area (Å²) in [6.07, 6.45) is 0. The lowest BCUT2D eigenvalue weighted by Crippen LogP contribution is -2.09. The summed E-state index contributed by atoms with van der Waals surface area (Å²) in [6.45, 7) is 2.62. The van der Waals surface area contributed by atoms with Gasteiger partial charge in [0.2, 0.25) is 6.49 Å². The first-order valence-corrected chi connectivity index (χ1v) is 7.79. The average molecular weight is 265 g/mol. The van der Waals surface area contributed by atoms with Gasteiger partial charge in [-0.25, -0.2) is 0 Å². The van der Waals surface area contributed by atoms with Gasteiger partial charge in [0, 0.05) is 10.3 Å². The van der Waals surface area contributed by atoms with E-state index < -0.39 is 6.49 Å². The molecule has 2 nitrogen and oxygen atoms in total. The van der Waals surface area contributed by atoms with Crippen LogP contribution in [-0.2, 0) is 20.9 Å². The van der Waals surface area contributed by atoms with Crippen LogP contribution in [-0.4, -0.2) is 13.2 Å². The topological polar surface area (TPSA) is 18.5 Å². The summed E-state index contributed by atoms with van der Waals surface area (Å²) in [6, 6.07) is 7.34. The molecule has 0 aromatic heterocycles. The molecule has 1 rings (SSSR count). The van der Waals surface area contributed by atoms with Crippen molar-refractivity contribution in [1.29, 1.82) is 0 Å². The molecule has 0 saturated carbocycles. The van der Waals surface area contributed by atoms with Crippen LogP contribution in [0.1, 0.15) is 13.8 Å². The zero-order chi connectivity index (χ0) is 11.3. The first-order chi connectivity index (χ1) is 7.12. The number of halogens is 1. The third kappa shape index (κ3) is 3.54. The zero-order valence-electron chi connectivity index (χ0n) is 8.77. The Bertz CT molecular complexity index is 343. The van der Waals surface area contributed by atoms with Crippen LogP contribution in [0.15, 0.2) is 24.3 Å². The minimum Gasteiger partial charge on any atom is -0.326 e. The number of rotatable bonds is 5. The highest BCUT2D eigenvalue weighted by Crippen LogP contribution is 2.47. The lowest BCUT2D eigenvalue weighted by molar-refractivity contribution is 0.275. The lowest BCUT2D eigenvalue weighted by atomic mass is 10.4. The fourth-order valence-electron chi connectivity index (χ4n) is 1.15. The Morgan fingerprint density at radius 2 is 1.60 bits per heavy atom. The zero-order valence-corrected chi connectivity index (χ0v) is 11.2. The summed E-state index contributed by atoms with van der Waals surface area (Å²) in [5.74, 6) is 0. The molecule has 5 heteroatoms. The summed E-state index contributed by atoms with van der Waals surface area (Å²) >= 11 is 11.2. The van der Waals surface area contributed by atoms with E-state index in [1.807, 2.05) is 26.0 Å². The predicted molar refractivity (Wildman–Crippen MR) is 68.6 cm³/mol. The summed E-state index contributed by atoms with van der Waals surface area (Å²) in [5, 5.41) is 1.60. The van der Waals surface area contributed by atoms with Crippen molar-refractivity contribution in [2.75, 3.05) is 13.2 Å². The van der Waals surface area contributed by atoms with E-state index in [2.05, 4.69) is 0 Å². The fourth-order valence-corrected chi connectivity index (χ4v) is 3.84. The van der Waals surface area contributed by atoms with Crippen molar-refractivity contribution in [2.24, 2.45) is 0 Å². The summed E-state index contributed by atoms with van der Waals surface area (Å²) in [5.41, 5.74) is 0. The van der Waals surface area contributed by atoms with Gasteiger partial charge in [0.15, 0.2) is 0 Å². The SMILES string of the molecule is CCOP(=S)(OCC)c1ccc(Cl)cc1. The highest BCUT2D eigenvalue weighted by Gasteiger charge is 2.20. The van der Waals surface area contributed by atoms with E-state index in [0.29, 0.717) is 18.2 Å².